The van der Waals surface area contributed by atoms with E-state index in [1.54, 1.807) is 7.11 Å². The number of fused-ring (bicyclic) bond motifs is 2. The second-order valence-corrected chi connectivity index (χ2v) is 7.69. The fraction of sp³-hybridized carbons (Fsp3) is 0.409. The number of amides is 1. The molecule has 2 fully saturated rings. The highest BCUT2D eigenvalue weighted by atomic mass is 16.5. The lowest BCUT2D eigenvalue weighted by Crippen LogP contribution is -2.35. The van der Waals surface area contributed by atoms with Crippen LogP contribution in [0.4, 0.5) is 0 Å². The Bertz CT molecular complexity index is 864. The maximum Gasteiger partial charge on any atom is 0.254 e. The zero-order chi connectivity index (χ0) is 18.4. The SMILES string of the molecule is COc1ccc([C@H]2[C@H]3CNC[C@H]3CN2C(=O)c2cccc3c2COC3)cc1. The number of carbonyl (C=O) groups excluding carboxylic acids is 1. The van der Waals surface area contributed by atoms with Gasteiger partial charge in [-0.25, -0.2) is 0 Å². The predicted octanol–water partition coefficient (Wildman–Crippen LogP) is 2.76. The third-order valence-electron chi connectivity index (χ3n) is 6.29. The van der Waals surface area contributed by atoms with Crippen LogP contribution in [0.25, 0.3) is 0 Å². The van der Waals surface area contributed by atoms with Gasteiger partial charge in [0.15, 0.2) is 0 Å². The first-order chi connectivity index (χ1) is 13.3. The van der Waals surface area contributed by atoms with E-state index >= 15 is 0 Å². The number of hydrogen-bond donors (Lipinski definition) is 1. The summed E-state index contributed by atoms with van der Waals surface area (Å²) in [4.78, 5) is 15.7. The molecule has 0 radical (unpaired) electrons. The zero-order valence-corrected chi connectivity index (χ0v) is 15.5. The third-order valence-corrected chi connectivity index (χ3v) is 6.29. The first kappa shape index (κ1) is 16.8. The van der Waals surface area contributed by atoms with Gasteiger partial charge in [-0.2, -0.15) is 0 Å². The Labute approximate surface area is 159 Å². The second-order valence-electron chi connectivity index (χ2n) is 7.69. The Morgan fingerprint density at radius 3 is 2.81 bits per heavy atom. The molecule has 3 atom stereocenters. The van der Waals surface area contributed by atoms with Crippen LogP contribution in [0.5, 0.6) is 5.75 Å². The molecule has 1 N–H and O–H groups in total. The maximum atomic E-state index is 13.6. The number of hydrogen-bond acceptors (Lipinski definition) is 4. The third kappa shape index (κ3) is 2.73. The van der Waals surface area contributed by atoms with Crippen LogP contribution in [0, 0.1) is 11.8 Å². The molecule has 0 bridgehead atoms. The molecule has 0 aliphatic carbocycles. The maximum absolute atomic E-state index is 13.6. The van der Waals surface area contributed by atoms with Crippen molar-refractivity contribution in [2.45, 2.75) is 19.3 Å². The van der Waals surface area contributed by atoms with E-state index < -0.39 is 0 Å². The average Bonchev–Trinajstić information content (AvgIpc) is 3.42. The van der Waals surface area contributed by atoms with Crippen LogP contribution in [0.1, 0.15) is 33.1 Å². The van der Waals surface area contributed by atoms with Crippen LogP contribution in [0.15, 0.2) is 42.5 Å². The van der Waals surface area contributed by atoms with Gasteiger partial charge < -0.3 is 19.7 Å². The highest BCUT2D eigenvalue weighted by Gasteiger charge is 2.47. The molecule has 1 amide bonds. The number of benzene rings is 2. The Morgan fingerprint density at radius 1 is 1.15 bits per heavy atom. The normalized spacial score (nSPS) is 26.1. The topological polar surface area (TPSA) is 50.8 Å². The lowest BCUT2D eigenvalue weighted by Gasteiger charge is -2.29. The molecule has 0 spiro atoms. The largest absolute Gasteiger partial charge is 0.497 e. The summed E-state index contributed by atoms with van der Waals surface area (Å²) in [5.74, 6) is 1.94. The molecule has 0 aromatic heterocycles. The van der Waals surface area contributed by atoms with Crippen molar-refractivity contribution in [1.29, 1.82) is 0 Å². The van der Waals surface area contributed by atoms with E-state index in [9.17, 15) is 4.79 Å². The van der Waals surface area contributed by atoms with Crippen molar-refractivity contribution in [1.82, 2.24) is 10.2 Å². The van der Waals surface area contributed by atoms with Crippen molar-refractivity contribution in [2.75, 3.05) is 26.7 Å². The van der Waals surface area contributed by atoms with Crippen LogP contribution in [0.3, 0.4) is 0 Å². The van der Waals surface area contributed by atoms with Crippen LogP contribution in [-0.2, 0) is 18.0 Å². The average molecular weight is 364 g/mol. The number of nitrogens with zero attached hydrogens (tertiary/aromatic N) is 1. The molecule has 2 aromatic rings. The lowest BCUT2D eigenvalue weighted by atomic mass is 9.89. The van der Waals surface area contributed by atoms with E-state index in [1.807, 2.05) is 24.3 Å². The molecule has 0 unspecified atom stereocenters. The van der Waals surface area contributed by atoms with E-state index in [-0.39, 0.29) is 11.9 Å². The molecule has 5 rings (SSSR count). The van der Waals surface area contributed by atoms with Crippen molar-refractivity contribution in [3.05, 3.63) is 64.7 Å². The molecule has 5 heteroatoms. The van der Waals surface area contributed by atoms with Crippen molar-refractivity contribution in [3.8, 4) is 5.75 Å². The summed E-state index contributed by atoms with van der Waals surface area (Å²) in [5.41, 5.74) is 4.19. The highest BCUT2D eigenvalue weighted by Crippen LogP contribution is 2.44. The summed E-state index contributed by atoms with van der Waals surface area (Å²) in [6.07, 6.45) is 0. The van der Waals surface area contributed by atoms with Gasteiger partial charge in [0, 0.05) is 31.1 Å². The van der Waals surface area contributed by atoms with Crippen molar-refractivity contribution in [2.24, 2.45) is 11.8 Å². The molecule has 0 saturated carbocycles. The monoisotopic (exact) mass is 364 g/mol. The summed E-state index contributed by atoms with van der Waals surface area (Å²) in [5, 5.41) is 3.50. The smallest absolute Gasteiger partial charge is 0.254 e. The Hall–Kier alpha value is -2.37. The van der Waals surface area contributed by atoms with Crippen LogP contribution < -0.4 is 10.1 Å². The molecule has 5 nitrogen and oxygen atoms in total. The van der Waals surface area contributed by atoms with Gasteiger partial charge in [0.1, 0.15) is 5.75 Å². The minimum Gasteiger partial charge on any atom is -0.497 e. The molecule has 2 saturated heterocycles. The number of methoxy groups -OCH3 is 1. The first-order valence-electron chi connectivity index (χ1n) is 9.60. The number of ether oxygens (including phenoxy) is 2. The van der Waals surface area contributed by atoms with Gasteiger partial charge in [0.25, 0.3) is 5.91 Å². The van der Waals surface area contributed by atoms with E-state index in [4.69, 9.17) is 9.47 Å². The number of rotatable bonds is 3. The van der Waals surface area contributed by atoms with E-state index in [2.05, 4.69) is 28.4 Å². The summed E-state index contributed by atoms with van der Waals surface area (Å²) in [6, 6.07) is 14.3. The van der Waals surface area contributed by atoms with E-state index in [0.29, 0.717) is 25.0 Å². The molecular weight excluding hydrogens is 340 g/mol. The minimum absolute atomic E-state index is 0.0987. The van der Waals surface area contributed by atoms with Crippen molar-refractivity contribution in [3.63, 3.8) is 0 Å². The Balaban J connectivity index is 1.51. The number of nitrogens with one attached hydrogen (secondary N) is 1. The van der Waals surface area contributed by atoms with Gasteiger partial charge in [0.05, 0.1) is 26.4 Å². The molecule has 3 aliphatic rings. The van der Waals surface area contributed by atoms with Gasteiger partial charge in [-0.1, -0.05) is 24.3 Å². The zero-order valence-electron chi connectivity index (χ0n) is 15.5. The molecule has 3 aliphatic heterocycles. The quantitative estimate of drug-likeness (QED) is 0.910. The van der Waals surface area contributed by atoms with Gasteiger partial charge in [-0.3, -0.25) is 4.79 Å². The number of carbonyl (C=O) groups is 1. The van der Waals surface area contributed by atoms with Gasteiger partial charge in [-0.05, 0) is 40.8 Å². The fourth-order valence-electron chi connectivity index (χ4n) is 4.92. The van der Waals surface area contributed by atoms with Crippen LogP contribution in [0.2, 0.25) is 0 Å². The summed E-state index contributed by atoms with van der Waals surface area (Å²) >= 11 is 0. The predicted molar refractivity (Wildman–Crippen MR) is 102 cm³/mol. The van der Waals surface area contributed by atoms with Crippen LogP contribution >= 0.6 is 0 Å². The standard InChI is InChI=1S/C22H24N2O3/c1-26-17-7-5-14(6-8-17)21-19-10-23-9-16(19)11-24(21)22(25)18-4-2-3-15-12-27-13-20(15)18/h2-8,16,19,21,23H,9-13H2,1H3/t16-,19-,21-/m0/s1. The summed E-state index contributed by atoms with van der Waals surface area (Å²) in [7, 11) is 1.68. The Morgan fingerprint density at radius 2 is 2.00 bits per heavy atom. The molecule has 27 heavy (non-hydrogen) atoms. The Kier molecular flexibility index (Phi) is 4.14. The van der Waals surface area contributed by atoms with Crippen LogP contribution in [-0.4, -0.2) is 37.6 Å². The van der Waals surface area contributed by atoms with Gasteiger partial charge in [-0.15, -0.1) is 0 Å². The lowest BCUT2D eigenvalue weighted by molar-refractivity contribution is 0.0709. The summed E-state index contributed by atoms with van der Waals surface area (Å²) < 4.78 is 10.9. The minimum atomic E-state index is 0.0987. The van der Waals surface area contributed by atoms with Gasteiger partial charge in [0.2, 0.25) is 0 Å². The first-order valence-corrected chi connectivity index (χ1v) is 9.60. The molecule has 3 heterocycles. The molecular formula is C22H24N2O3. The highest BCUT2D eigenvalue weighted by molar-refractivity contribution is 5.96. The molecule has 140 valence electrons. The van der Waals surface area contributed by atoms with Crippen molar-refractivity contribution >= 4 is 5.91 Å². The fourth-order valence-corrected chi connectivity index (χ4v) is 4.92. The van der Waals surface area contributed by atoms with E-state index in [1.165, 1.54) is 5.56 Å². The summed E-state index contributed by atoms with van der Waals surface area (Å²) in [6.45, 7) is 3.89. The van der Waals surface area contributed by atoms with Crippen molar-refractivity contribution < 1.29 is 14.3 Å². The second kappa shape index (κ2) is 6.66. The number of likely N-dealkylation sites (tertiary alicyclic amines) is 1. The molecule has 2 aromatic carbocycles. The van der Waals surface area contributed by atoms with E-state index in [0.717, 1.165) is 42.1 Å². The van der Waals surface area contributed by atoms with Gasteiger partial charge >= 0.3 is 0 Å².